The molecule has 0 amide bonds. The first-order chi connectivity index (χ1) is 14.1. The van der Waals surface area contributed by atoms with E-state index < -0.39 is 5.60 Å². The molecule has 0 N–H and O–H groups in total. The van der Waals surface area contributed by atoms with Gasteiger partial charge in [0.1, 0.15) is 18.0 Å². The molecule has 0 fully saturated rings. The molecule has 2 aromatic rings. The lowest BCUT2D eigenvalue weighted by Gasteiger charge is -2.23. The summed E-state index contributed by atoms with van der Waals surface area (Å²) in [5, 5.41) is 0. The quantitative estimate of drug-likeness (QED) is 0.491. The highest BCUT2D eigenvalue weighted by atomic mass is 16.6. The number of hydrogen-bond donors (Lipinski definition) is 0. The number of likely N-dealkylation sites (N-methyl/N-ethyl adjacent to an activating group) is 1. The van der Waals surface area contributed by atoms with Gasteiger partial charge in [-0.15, -0.1) is 0 Å². The largest absolute Gasteiger partial charge is 0.492 e. The molecule has 0 aromatic heterocycles. The van der Waals surface area contributed by atoms with Gasteiger partial charge in [-0.2, -0.15) is 0 Å². The Morgan fingerprint density at radius 1 is 1.00 bits per heavy atom. The molecule has 4 heteroatoms. The third kappa shape index (κ3) is 7.49. The number of esters is 1. The first kappa shape index (κ1) is 23.9. The summed E-state index contributed by atoms with van der Waals surface area (Å²) in [6, 6.07) is 16.9. The molecule has 1 atom stereocenters. The molecule has 0 saturated heterocycles. The van der Waals surface area contributed by atoms with Crippen LogP contribution in [0.5, 0.6) is 5.75 Å². The Morgan fingerprint density at radius 2 is 1.67 bits per heavy atom. The van der Waals surface area contributed by atoms with Gasteiger partial charge in [0.25, 0.3) is 0 Å². The lowest BCUT2D eigenvalue weighted by molar-refractivity contribution is -0.155. The number of nitrogens with zero attached hydrogens (tertiary/aromatic N) is 1. The van der Waals surface area contributed by atoms with E-state index in [1.807, 2.05) is 38.8 Å². The van der Waals surface area contributed by atoms with Crippen molar-refractivity contribution in [1.82, 2.24) is 4.90 Å². The van der Waals surface area contributed by atoms with Gasteiger partial charge in [-0.1, -0.05) is 57.2 Å². The van der Waals surface area contributed by atoms with E-state index >= 15 is 0 Å². The molecule has 4 nitrogen and oxygen atoms in total. The van der Waals surface area contributed by atoms with Crippen LogP contribution in [0.2, 0.25) is 0 Å². The second-order valence-electron chi connectivity index (χ2n) is 9.32. The van der Waals surface area contributed by atoms with Crippen LogP contribution >= 0.6 is 0 Å². The SMILES string of the molecule is CC(C)C(C)c1cc(-c2ccccc2)ccc1OCCN(C)CC(=O)OC(C)(C)C. The maximum atomic E-state index is 12.0. The van der Waals surface area contributed by atoms with Crippen LogP contribution in [0, 0.1) is 5.92 Å². The van der Waals surface area contributed by atoms with E-state index in [0.29, 0.717) is 25.0 Å². The molecule has 2 rings (SSSR count). The second kappa shape index (κ2) is 10.6. The zero-order chi connectivity index (χ0) is 22.3. The molecule has 2 aromatic carbocycles. The van der Waals surface area contributed by atoms with Crippen LogP contribution in [0.4, 0.5) is 0 Å². The summed E-state index contributed by atoms with van der Waals surface area (Å²) >= 11 is 0. The topological polar surface area (TPSA) is 38.8 Å². The Hall–Kier alpha value is -2.33. The van der Waals surface area contributed by atoms with Gasteiger partial charge in [-0.3, -0.25) is 9.69 Å². The highest BCUT2D eigenvalue weighted by molar-refractivity contribution is 5.72. The zero-order valence-corrected chi connectivity index (χ0v) is 19.6. The van der Waals surface area contributed by atoms with E-state index in [4.69, 9.17) is 9.47 Å². The monoisotopic (exact) mass is 411 g/mol. The molecule has 0 aliphatic rings. The number of ether oxygens (including phenoxy) is 2. The highest BCUT2D eigenvalue weighted by Gasteiger charge is 2.19. The van der Waals surface area contributed by atoms with Crippen LogP contribution in [-0.2, 0) is 9.53 Å². The predicted molar refractivity (Wildman–Crippen MR) is 124 cm³/mol. The fourth-order valence-electron chi connectivity index (χ4n) is 3.19. The van der Waals surface area contributed by atoms with Crippen LogP contribution in [0.1, 0.15) is 53.0 Å². The lowest BCUT2D eigenvalue weighted by atomic mass is 9.88. The third-order valence-electron chi connectivity index (χ3n) is 5.16. The first-order valence-corrected chi connectivity index (χ1v) is 10.8. The van der Waals surface area contributed by atoms with E-state index in [9.17, 15) is 4.79 Å². The third-order valence-corrected chi connectivity index (χ3v) is 5.16. The lowest BCUT2D eigenvalue weighted by Crippen LogP contribution is -2.34. The number of hydrogen-bond acceptors (Lipinski definition) is 4. The average molecular weight is 412 g/mol. The van der Waals surface area contributed by atoms with Gasteiger partial charge in [-0.25, -0.2) is 0 Å². The van der Waals surface area contributed by atoms with Crippen LogP contribution in [0.25, 0.3) is 11.1 Å². The normalized spacial score (nSPS) is 12.8. The minimum absolute atomic E-state index is 0.216. The summed E-state index contributed by atoms with van der Waals surface area (Å²) in [5.74, 6) is 1.59. The van der Waals surface area contributed by atoms with Crippen LogP contribution in [-0.4, -0.2) is 43.2 Å². The second-order valence-corrected chi connectivity index (χ2v) is 9.32. The van der Waals surface area contributed by atoms with E-state index in [0.717, 1.165) is 5.75 Å². The Kier molecular flexibility index (Phi) is 8.48. The zero-order valence-electron chi connectivity index (χ0n) is 19.6. The van der Waals surface area contributed by atoms with Crippen LogP contribution < -0.4 is 4.74 Å². The molecular formula is C26H37NO3. The number of carbonyl (C=O) groups is 1. The Balaban J connectivity index is 2.05. The summed E-state index contributed by atoms with van der Waals surface area (Å²) in [7, 11) is 1.91. The molecule has 0 heterocycles. The smallest absolute Gasteiger partial charge is 0.320 e. The standard InChI is InChI=1S/C26H37NO3/c1-19(2)20(3)23-17-22(21-11-9-8-10-12-21)13-14-24(23)29-16-15-27(7)18-25(28)30-26(4,5)6/h8-14,17,19-20H,15-16,18H2,1-7H3. The van der Waals surface area contributed by atoms with Gasteiger partial charge < -0.3 is 9.47 Å². The minimum Gasteiger partial charge on any atom is -0.492 e. The van der Waals surface area contributed by atoms with Crippen molar-refractivity contribution < 1.29 is 14.3 Å². The van der Waals surface area contributed by atoms with E-state index in [2.05, 4.69) is 63.2 Å². The number of benzene rings is 2. The molecule has 30 heavy (non-hydrogen) atoms. The van der Waals surface area contributed by atoms with E-state index in [1.54, 1.807) is 0 Å². The van der Waals surface area contributed by atoms with Crippen LogP contribution in [0.3, 0.4) is 0 Å². The van der Waals surface area contributed by atoms with Crippen molar-refractivity contribution in [3.63, 3.8) is 0 Å². The molecule has 0 spiro atoms. The van der Waals surface area contributed by atoms with Gasteiger partial charge in [0, 0.05) is 6.54 Å². The van der Waals surface area contributed by atoms with Crippen molar-refractivity contribution in [2.24, 2.45) is 5.92 Å². The molecule has 1 unspecified atom stereocenters. The molecular weight excluding hydrogens is 374 g/mol. The summed E-state index contributed by atoms with van der Waals surface area (Å²) < 4.78 is 11.5. The fourth-order valence-corrected chi connectivity index (χ4v) is 3.19. The van der Waals surface area contributed by atoms with Crippen molar-refractivity contribution in [3.8, 4) is 16.9 Å². The highest BCUT2D eigenvalue weighted by Crippen LogP contribution is 2.35. The molecule has 0 radical (unpaired) electrons. The molecule has 164 valence electrons. The summed E-state index contributed by atoms with van der Waals surface area (Å²) in [4.78, 5) is 13.9. The summed E-state index contributed by atoms with van der Waals surface area (Å²) in [6.45, 7) is 13.8. The van der Waals surface area contributed by atoms with Gasteiger partial charge >= 0.3 is 5.97 Å². The van der Waals surface area contributed by atoms with Crippen molar-refractivity contribution >= 4 is 5.97 Å². The summed E-state index contributed by atoms with van der Waals surface area (Å²) in [5.41, 5.74) is 3.17. The van der Waals surface area contributed by atoms with Gasteiger partial charge in [0.15, 0.2) is 0 Å². The van der Waals surface area contributed by atoms with Gasteiger partial charge in [0.2, 0.25) is 0 Å². The average Bonchev–Trinajstić information content (AvgIpc) is 2.66. The van der Waals surface area contributed by atoms with Crippen molar-refractivity contribution in [1.29, 1.82) is 0 Å². The molecule has 0 saturated carbocycles. The van der Waals surface area contributed by atoms with Crippen molar-refractivity contribution in [2.75, 3.05) is 26.7 Å². The Bertz CT molecular complexity index is 809. The molecule has 0 aliphatic carbocycles. The van der Waals surface area contributed by atoms with Crippen molar-refractivity contribution in [3.05, 3.63) is 54.1 Å². The van der Waals surface area contributed by atoms with E-state index in [-0.39, 0.29) is 12.5 Å². The minimum atomic E-state index is -0.461. The maximum absolute atomic E-state index is 12.0. The number of carbonyl (C=O) groups excluding carboxylic acids is 1. The van der Waals surface area contributed by atoms with Gasteiger partial charge in [-0.05, 0) is 68.5 Å². The Labute approximate surface area is 182 Å². The predicted octanol–water partition coefficient (Wildman–Crippen LogP) is 5.77. The Morgan fingerprint density at radius 3 is 2.27 bits per heavy atom. The van der Waals surface area contributed by atoms with E-state index in [1.165, 1.54) is 16.7 Å². The van der Waals surface area contributed by atoms with Gasteiger partial charge in [0.05, 0.1) is 6.54 Å². The van der Waals surface area contributed by atoms with Crippen molar-refractivity contribution in [2.45, 2.75) is 53.1 Å². The number of rotatable bonds is 9. The maximum Gasteiger partial charge on any atom is 0.320 e. The summed E-state index contributed by atoms with van der Waals surface area (Å²) in [6.07, 6.45) is 0. The molecule has 0 bridgehead atoms. The fraction of sp³-hybridized carbons (Fsp3) is 0.500. The molecule has 0 aliphatic heterocycles. The van der Waals surface area contributed by atoms with Crippen LogP contribution in [0.15, 0.2) is 48.5 Å². The first-order valence-electron chi connectivity index (χ1n) is 10.8.